The maximum Gasteiger partial charge on any atom is 0.417 e. The highest BCUT2D eigenvalue weighted by molar-refractivity contribution is 5.46. The Morgan fingerprint density at radius 3 is 2.15 bits per heavy atom. The number of aromatic hydroxyl groups is 1. The van der Waals surface area contributed by atoms with Gasteiger partial charge in [0.15, 0.2) is 0 Å². The van der Waals surface area contributed by atoms with Crippen molar-refractivity contribution in [1.29, 1.82) is 5.26 Å². The van der Waals surface area contributed by atoms with Crippen molar-refractivity contribution in [3.05, 3.63) is 53.6 Å². The van der Waals surface area contributed by atoms with E-state index < -0.39 is 17.3 Å². The third-order valence-corrected chi connectivity index (χ3v) is 2.49. The molecule has 0 aliphatic rings. The molecule has 0 unspecified atom stereocenters. The molecule has 2 aromatic rings. The van der Waals surface area contributed by atoms with Crippen LogP contribution in [-0.2, 0) is 6.18 Å². The number of halogens is 3. The molecule has 0 heterocycles. The van der Waals surface area contributed by atoms with Crippen molar-refractivity contribution in [2.24, 2.45) is 0 Å². The molecule has 0 aromatic heterocycles. The summed E-state index contributed by atoms with van der Waals surface area (Å²) in [6.45, 7) is 0. The first-order chi connectivity index (χ1) is 9.40. The summed E-state index contributed by atoms with van der Waals surface area (Å²) in [6.07, 6.45) is -4.58. The zero-order valence-electron chi connectivity index (χ0n) is 9.98. The van der Waals surface area contributed by atoms with Crippen LogP contribution >= 0.6 is 0 Å². The van der Waals surface area contributed by atoms with Gasteiger partial charge in [-0.25, -0.2) is 0 Å². The Morgan fingerprint density at radius 1 is 1.00 bits per heavy atom. The van der Waals surface area contributed by atoms with E-state index in [2.05, 4.69) is 0 Å². The zero-order chi connectivity index (χ0) is 14.8. The highest BCUT2D eigenvalue weighted by atomic mass is 19.4. The predicted octanol–water partition coefficient (Wildman–Crippen LogP) is 4.07. The van der Waals surface area contributed by atoms with Crippen molar-refractivity contribution < 1.29 is 23.0 Å². The Hall–Kier alpha value is -2.68. The van der Waals surface area contributed by atoms with Crippen LogP contribution in [0.4, 0.5) is 13.2 Å². The number of phenols is 1. The van der Waals surface area contributed by atoms with Crippen LogP contribution in [0.15, 0.2) is 42.5 Å². The van der Waals surface area contributed by atoms with Crippen LogP contribution < -0.4 is 4.74 Å². The second kappa shape index (κ2) is 5.13. The molecule has 0 amide bonds. The SMILES string of the molecule is N#Cc1cc(Oc2ccc(O)cc2)ccc1C(F)(F)F. The summed E-state index contributed by atoms with van der Waals surface area (Å²) in [5.74, 6) is 0.495. The standard InChI is InChI=1S/C14H8F3NO2/c15-14(16,17)13-6-5-12(7-9(13)8-18)20-11-3-1-10(19)2-4-11/h1-7,19H. The van der Waals surface area contributed by atoms with Gasteiger partial charge in [-0.3, -0.25) is 0 Å². The number of rotatable bonds is 2. The van der Waals surface area contributed by atoms with Gasteiger partial charge in [0, 0.05) is 0 Å². The molecule has 0 spiro atoms. The molecule has 2 aromatic carbocycles. The van der Waals surface area contributed by atoms with Crippen LogP contribution in [0.1, 0.15) is 11.1 Å². The minimum atomic E-state index is -4.58. The molecule has 0 fully saturated rings. The summed E-state index contributed by atoms with van der Waals surface area (Å²) < 4.78 is 43.2. The number of ether oxygens (including phenoxy) is 1. The molecule has 3 nitrogen and oxygen atoms in total. The third-order valence-electron chi connectivity index (χ3n) is 2.49. The molecular weight excluding hydrogens is 271 g/mol. The first-order valence-corrected chi connectivity index (χ1v) is 5.48. The summed E-state index contributed by atoms with van der Waals surface area (Å²) in [5.41, 5.74) is -1.51. The Kier molecular flexibility index (Phi) is 3.53. The summed E-state index contributed by atoms with van der Waals surface area (Å²) in [6, 6.07) is 10.1. The van der Waals surface area contributed by atoms with Crippen molar-refractivity contribution in [3.63, 3.8) is 0 Å². The number of hydrogen-bond donors (Lipinski definition) is 1. The molecule has 0 saturated heterocycles. The largest absolute Gasteiger partial charge is 0.508 e. The molecule has 1 N–H and O–H groups in total. The smallest absolute Gasteiger partial charge is 0.417 e. The lowest BCUT2D eigenvalue weighted by Gasteiger charge is -2.11. The average molecular weight is 279 g/mol. The van der Waals surface area contributed by atoms with E-state index in [1.807, 2.05) is 0 Å². The average Bonchev–Trinajstić information content (AvgIpc) is 2.40. The van der Waals surface area contributed by atoms with Gasteiger partial charge in [0.05, 0.1) is 17.2 Å². The maximum atomic E-state index is 12.6. The lowest BCUT2D eigenvalue weighted by atomic mass is 10.1. The van der Waals surface area contributed by atoms with Crippen LogP contribution in [0.5, 0.6) is 17.2 Å². The maximum absolute atomic E-state index is 12.6. The molecule has 0 atom stereocenters. The molecule has 0 saturated carbocycles. The second-order valence-electron chi connectivity index (χ2n) is 3.91. The zero-order valence-corrected chi connectivity index (χ0v) is 9.98. The van der Waals surface area contributed by atoms with Gasteiger partial charge < -0.3 is 9.84 Å². The molecule has 2 rings (SSSR count). The summed E-state index contributed by atoms with van der Waals surface area (Å²) in [7, 11) is 0. The van der Waals surface area contributed by atoms with E-state index in [1.54, 1.807) is 0 Å². The number of benzene rings is 2. The quantitative estimate of drug-likeness (QED) is 0.901. The van der Waals surface area contributed by atoms with Crippen LogP contribution in [-0.4, -0.2) is 5.11 Å². The fourth-order valence-electron chi connectivity index (χ4n) is 1.58. The van der Waals surface area contributed by atoms with Gasteiger partial charge >= 0.3 is 6.18 Å². The lowest BCUT2D eigenvalue weighted by Crippen LogP contribution is -2.07. The van der Waals surface area contributed by atoms with Gasteiger partial charge in [-0.05, 0) is 42.5 Å². The Labute approximate surface area is 112 Å². The number of nitrogens with zero attached hydrogens (tertiary/aromatic N) is 1. The fourth-order valence-corrected chi connectivity index (χ4v) is 1.58. The molecule has 0 radical (unpaired) electrons. The lowest BCUT2D eigenvalue weighted by molar-refractivity contribution is -0.137. The monoisotopic (exact) mass is 279 g/mol. The van der Waals surface area contributed by atoms with Gasteiger partial charge in [0.1, 0.15) is 17.2 Å². The van der Waals surface area contributed by atoms with Crippen molar-refractivity contribution in [2.45, 2.75) is 6.18 Å². The van der Waals surface area contributed by atoms with Crippen LogP contribution in [0.3, 0.4) is 0 Å². The van der Waals surface area contributed by atoms with Crippen molar-refractivity contribution >= 4 is 0 Å². The third kappa shape index (κ3) is 3.01. The number of nitriles is 1. The second-order valence-corrected chi connectivity index (χ2v) is 3.91. The van der Waals surface area contributed by atoms with E-state index in [-0.39, 0.29) is 11.5 Å². The highest BCUT2D eigenvalue weighted by Crippen LogP contribution is 2.34. The van der Waals surface area contributed by atoms with Gasteiger partial charge in [0.25, 0.3) is 0 Å². The molecule has 0 aliphatic heterocycles. The van der Waals surface area contributed by atoms with Crippen LogP contribution in [0.2, 0.25) is 0 Å². The van der Waals surface area contributed by atoms with Crippen molar-refractivity contribution in [2.75, 3.05) is 0 Å². The Morgan fingerprint density at radius 2 is 1.60 bits per heavy atom. The molecule has 102 valence electrons. The summed E-state index contributed by atoms with van der Waals surface area (Å²) >= 11 is 0. The number of alkyl halides is 3. The Balaban J connectivity index is 2.31. The topological polar surface area (TPSA) is 53.2 Å². The Bertz CT molecular complexity index is 658. The minimum Gasteiger partial charge on any atom is -0.508 e. The van der Waals surface area contributed by atoms with Gasteiger partial charge in [-0.2, -0.15) is 18.4 Å². The van der Waals surface area contributed by atoms with E-state index in [4.69, 9.17) is 15.1 Å². The van der Waals surface area contributed by atoms with Gasteiger partial charge in [-0.15, -0.1) is 0 Å². The summed E-state index contributed by atoms with van der Waals surface area (Å²) in [4.78, 5) is 0. The number of phenolic OH excluding ortho intramolecular Hbond substituents is 1. The van der Waals surface area contributed by atoms with Crippen LogP contribution in [0, 0.1) is 11.3 Å². The van der Waals surface area contributed by atoms with E-state index >= 15 is 0 Å². The van der Waals surface area contributed by atoms with Crippen molar-refractivity contribution in [1.82, 2.24) is 0 Å². The number of hydrogen-bond acceptors (Lipinski definition) is 3. The van der Waals surface area contributed by atoms with E-state index in [0.717, 1.165) is 18.2 Å². The normalized spacial score (nSPS) is 10.9. The molecular formula is C14H8F3NO2. The molecule has 0 bridgehead atoms. The molecule has 6 heteroatoms. The van der Waals surface area contributed by atoms with E-state index in [9.17, 15) is 13.2 Å². The molecule has 0 aliphatic carbocycles. The van der Waals surface area contributed by atoms with E-state index in [1.165, 1.54) is 30.3 Å². The highest BCUT2D eigenvalue weighted by Gasteiger charge is 2.33. The van der Waals surface area contributed by atoms with E-state index in [0.29, 0.717) is 5.75 Å². The van der Waals surface area contributed by atoms with Crippen LogP contribution in [0.25, 0.3) is 0 Å². The van der Waals surface area contributed by atoms with Gasteiger partial charge in [0.2, 0.25) is 0 Å². The predicted molar refractivity (Wildman–Crippen MR) is 64.3 cm³/mol. The van der Waals surface area contributed by atoms with Crippen molar-refractivity contribution in [3.8, 4) is 23.3 Å². The summed E-state index contributed by atoms with van der Waals surface area (Å²) in [5, 5.41) is 17.9. The fraction of sp³-hybridized carbons (Fsp3) is 0.0714. The first-order valence-electron chi connectivity index (χ1n) is 5.48. The van der Waals surface area contributed by atoms with Gasteiger partial charge in [-0.1, -0.05) is 0 Å². The molecule has 20 heavy (non-hydrogen) atoms. The minimum absolute atomic E-state index is 0.0440. The first kappa shape index (κ1) is 13.7.